The van der Waals surface area contributed by atoms with Gasteiger partial charge in [0, 0.05) is 36.5 Å². The van der Waals surface area contributed by atoms with Crippen LogP contribution in [0.2, 0.25) is 0 Å². The third-order valence-corrected chi connectivity index (χ3v) is 7.03. The van der Waals surface area contributed by atoms with E-state index < -0.39 is 37.0 Å². The molecule has 0 spiro atoms. The molecule has 2 aromatic heterocycles. The molecule has 0 bridgehead atoms. The summed E-state index contributed by atoms with van der Waals surface area (Å²) in [7, 11) is 0. The van der Waals surface area contributed by atoms with Crippen molar-refractivity contribution in [1.29, 1.82) is 0 Å². The van der Waals surface area contributed by atoms with Crippen LogP contribution in [0.15, 0.2) is 57.2 Å². The van der Waals surface area contributed by atoms with Crippen LogP contribution in [-0.4, -0.2) is 55.3 Å². The monoisotopic (exact) mass is 586 g/mol. The summed E-state index contributed by atoms with van der Waals surface area (Å²) in [6, 6.07) is 6.18. The van der Waals surface area contributed by atoms with Gasteiger partial charge in [-0.1, -0.05) is 13.0 Å². The molecule has 0 radical (unpaired) electrons. The number of rotatable bonds is 9. The number of aliphatic imine (C=N–C) groups is 1. The van der Waals surface area contributed by atoms with Gasteiger partial charge in [-0.05, 0) is 49.6 Å². The predicted octanol–water partition coefficient (Wildman–Crippen LogP) is 3.24. The van der Waals surface area contributed by atoms with E-state index in [2.05, 4.69) is 15.3 Å². The van der Waals surface area contributed by atoms with Crippen LogP contribution in [-0.2, 0) is 19.1 Å². The lowest BCUT2D eigenvalue weighted by molar-refractivity contribution is -0.137. The number of aliphatic hydroxyl groups excluding tert-OH is 2. The van der Waals surface area contributed by atoms with Crippen molar-refractivity contribution in [2.24, 2.45) is 4.99 Å². The van der Waals surface area contributed by atoms with Crippen LogP contribution in [0.5, 0.6) is 0 Å². The van der Waals surface area contributed by atoms with Gasteiger partial charge in [-0.15, -0.1) is 0 Å². The maximum Gasteiger partial charge on any atom is 0.416 e. The minimum absolute atomic E-state index is 0.0471. The fraction of sp³-hybridized carbons (Fsp3) is 0.393. The fourth-order valence-corrected chi connectivity index (χ4v) is 4.80. The quantitative estimate of drug-likeness (QED) is 0.352. The minimum atomic E-state index is -4.61. The molecule has 3 N–H and O–H groups in total. The summed E-state index contributed by atoms with van der Waals surface area (Å²) in [5.41, 5.74) is -0.311. The molecule has 2 amide bonds. The maximum atomic E-state index is 13.2. The number of nitrogens with zero attached hydrogens (tertiary/aromatic N) is 5. The number of carbonyl (C=O) groups excluding carboxylic acids is 1. The summed E-state index contributed by atoms with van der Waals surface area (Å²) in [6.07, 6.45) is -2.12. The van der Waals surface area contributed by atoms with E-state index in [1.807, 2.05) is 6.92 Å². The van der Waals surface area contributed by atoms with E-state index in [0.717, 1.165) is 35.9 Å². The molecule has 1 fully saturated rings. The van der Waals surface area contributed by atoms with Gasteiger partial charge < -0.3 is 15.5 Å². The number of carbonyl (C=O) groups is 1. The van der Waals surface area contributed by atoms with Crippen LogP contribution in [0, 0.1) is 0 Å². The first-order chi connectivity index (χ1) is 20.0. The van der Waals surface area contributed by atoms with Crippen LogP contribution in [0.1, 0.15) is 48.9 Å². The number of hydrogen-bond donors (Lipinski definition) is 3. The summed E-state index contributed by atoms with van der Waals surface area (Å²) < 4.78 is 42.2. The SMILES string of the molecule is CCCn1c2c(c(=O)n(C3CC3)c1=O)CC(c1ccc(N(CC(O)CO)C(=O)Nc3cccc(C(F)(F)F)c3)nc1)=N2. The molecule has 1 aromatic carbocycles. The number of aromatic nitrogens is 3. The molecule has 222 valence electrons. The topological polar surface area (TPSA) is 142 Å². The molecule has 3 aromatic rings. The zero-order valence-corrected chi connectivity index (χ0v) is 22.6. The Labute approximate surface area is 237 Å². The average molecular weight is 587 g/mol. The van der Waals surface area contributed by atoms with E-state index in [0.29, 0.717) is 35.6 Å². The summed E-state index contributed by atoms with van der Waals surface area (Å²) in [5, 5.41) is 21.8. The van der Waals surface area contributed by atoms with Gasteiger partial charge in [0.15, 0.2) is 0 Å². The number of pyridine rings is 1. The summed E-state index contributed by atoms with van der Waals surface area (Å²) >= 11 is 0. The second kappa shape index (κ2) is 11.5. The van der Waals surface area contributed by atoms with Gasteiger partial charge in [-0.3, -0.25) is 18.8 Å². The number of nitrogens with one attached hydrogen (secondary N) is 1. The van der Waals surface area contributed by atoms with Crippen molar-refractivity contribution in [1.82, 2.24) is 14.1 Å². The second-order valence-electron chi connectivity index (χ2n) is 10.2. The van der Waals surface area contributed by atoms with Gasteiger partial charge in [-0.2, -0.15) is 13.2 Å². The van der Waals surface area contributed by atoms with Crippen LogP contribution >= 0.6 is 0 Å². The second-order valence-corrected chi connectivity index (χ2v) is 10.2. The Morgan fingerprint density at radius 1 is 1.21 bits per heavy atom. The Hall–Kier alpha value is -4.30. The average Bonchev–Trinajstić information content (AvgIpc) is 3.70. The highest BCUT2D eigenvalue weighted by molar-refractivity contribution is 6.06. The number of anilines is 2. The summed E-state index contributed by atoms with van der Waals surface area (Å²) in [4.78, 5) is 49.2. The number of halogens is 3. The Morgan fingerprint density at radius 2 is 1.98 bits per heavy atom. The first-order valence-corrected chi connectivity index (χ1v) is 13.5. The van der Waals surface area contributed by atoms with Crippen molar-refractivity contribution in [3.8, 4) is 0 Å². The lowest BCUT2D eigenvalue weighted by Crippen LogP contribution is -2.42. The van der Waals surface area contributed by atoms with Gasteiger partial charge in [0.25, 0.3) is 5.56 Å². The number of amides is 2. The third-order valence-electron chi connectivity index (χ3n) is 7.03. The molecule has 1 aliphatic heterocycles. The van der Waals surface area contributed by atoms with Crippen LogP contribution < -0.4 is 21.5 Å². The highest BCUT2D eigenvalue weighted by Gasteiger charge is 2.33. The molecule has 14 heteroatoms. The molecule has 1 unspecified atom stereocenters. The first kappa shape index (κ1) is 29.2. The third kappa shape index (κ3) is 5.85. The largest absolute Gasteiger partial charge is 0.416 e. The van der Waals surface area contributed by atoms with E-state index in [1.165, 1.54) is 27.5 Å². The number of hydrogen-bond acceptors (Lipinski definition) is 7. The van der Waals surface area contributed by atoms with E-state index in [-0.39, 0.29) is 35.2 Å². The van der Waals surface area contributed by atoms with Gasteiger partial charge in [0.2, 0.25) is 0 Å². The molecule has 42 heavy (non-hydrogen) atoms. The van der Waals surface area contributed by atoms with Gasteiger partial charge in [0.05, 0.1) is 36.1 Å². The smallest absolute Gasteiger partial charge is 0.394 e. The highest BCUT2D eigenvalue weighted by atomic mass is 19.4. The molecule has 2 aliphatic rings. The molecule has 1 aliphatic carbocycles. The maximum absolute atomic E-state index is 13.2. The molecule has 0 saturated heterocycles. The summed E-state index contributed by atoms with van der Waals surface area (Å²) in [6.45, 7) is 1.27. The Morgan fingerprint density at radius 3 is 2.60 bits per heavy atom. The predicted molar refractivity (Wildman–Crippen MR) is 149 cm³/mol. The van der Waals surface area contributed by atoms with Crippen molar-refractivity contribution in [3.63, 3.8) is 0 Å². The van der Waals surface area contributed by atoms with E-state index >= 15 is 0 Å². The molecular formula is C28H29F3N6O5. The van der Waals surface area contributed by atoms with Crippen LogP contribution in [0.4, 0.5) is 35.3 Å². The standard InChI is InChI=1S/C28H29F3N6O5/c1-2-10-35-24-21(25(40)37(27(35)42)19-7-8-19)12-22(34-24)16-6-9-23(32-13-16)36(14-20(39)15-38)26(41)33-18-5-3-4-17(11-18)28(29,30)31/h3-6,9,11,13,19-20,38-39H,2,7-8,10,12,14-15H2,1H3,(H,33,41). The number of aliphatic hydroxyl groups is 2. The molecular weight excluding hydrogens is 557 g/mol. The number of benzene rings is 1. The fourth-order valence-electron chi connectivity index (χ4n) is 4.80. The van der Waals surface area contributed by atoms with Gasteiger partial charge in [0.1, 0.15) is 11.6 Å². The first-order valence-electron chi connectivity index (χ1n) is 13.5. The molecule has 3 heterocycles. The highest BCUT2D eigenvalue weighted by Crippen LogP contribution is 2.34. The molecule has 11 nitrogen and oxygen atoms in total. The lowest BCUT2D eigenvalue weighted by atomic mass is 10.1. The Balaban J connectivity index is 1.42. The van der Waals surface area contributed by atoms with Crippen molar-refractivity contribution in [2.75, 3.05) is 23.4 Å². The van der Waals surface area contributed by atoms with Gasteiger partial charge in [-0.25, -0.2) is 19.6 Å². The minimum Gasteiger partial charge on any atom is -0.394 e. The number of urea groups is 1. The summed E-state index contributed by atoms with van der Waals surface area (Å²) in [5.74, 6) is 0.377. The van der Waals surface area contributed by atoms with Crippen LogP contribution in [0.25, 0.3) is 0 Å². The van der Waals surface area contributed by atoms with Crippen molar-refractivity contribution in [2.45, 2.75) is 57.5 Å². The molecule has 1 atom stereocenters. The number of fused-ring (bicyclic) bond motifs is 1. The van der Waals surface area contributed by atoms with Gasteiger partial charge >= 0.3 is 17.9 Å². The zero-order chi connectivity index (χ0) is 30.2. The molecule has 5 rings (SSSR count). The van der Waals surface area contributed by atoms with Crippen molar-refractivity contribution in [3.05, 3.63) is 80.1 Å². The lowest BCUT2D eigenvalue weighted by Gasteiger charge is -2.24. The normalized spacial score (nSPS) is 15.2. The van der Waals surface area contributed by atoms with Crippen molar-refractivity contribution < 1.29 is 28.2 Å². The zero-order valence-electron chi connectivity index (χ0n) is 22.6. The number of alkyl halides is 3. The molecule has 1 saturated carbocycles. The Kier molecular flexibility index (Phi) is 8.01. The van der Waals surface area contributed by atoms with E-state index in [1.54, 1.807) is 6.07 Å². The van der Waals surface area contributed by atoms with E-state index in [9.17, 15) is 37.8 Å². The van der Waals surface area contributed by atoms with E-state index in [4.69, 9.17) is 0 Å². The Bertz CT molecular complexity index is 1640. The van der Waals surface area contributed by atoms with Crippen LogP contribution in [0.3, 0.4) is 0 Å². The van der Waals surface area contributed by atoms with Crippen molar-refractivity contribution >= 4 is 29.1 Å².